The predicted octanol–water partition coefficient (Wildman–Crippen LogP) is -0.292. The number of amides is 2. The lowest BCUT2D eigenvalue weighted by Crippen LogP contribution is -2.51. The van der Waals surface area contributed by atoms with E-state index in [-0.39, 0.29) is 30.8 Å². The van der Waals surface area contributed by atoms with Crippen molar-refractivity contribution in [3.8, 4) is 0 Å². The first-order valence-corrected chi connectivity index (χ1v) is 5.45. The smallest absolute Gasteiger partial charge is 0.242 e. The lowest BCUT2D eigenvalue weighted by Gasteiger charge is -2.29. The number of carbonyl (C=O) groups is 2. The molecule has 0 aromatic heterocycles. The molecule has 1 rings (SSSR count). The van der Waals surface area contributed by atoms with Crippen LogP contribution in [0.5, 0.6) is 0 Å². The number of hydrogen-bond acceptors (Lipinski definition) is 3. The molecule has 0 aliphatic carbocycles. The highest BCUT2D eigenvalue weighted by Crippen LogP contribution is 1.97. The van der Waals surface area contributed by atoms with Gasteiger partial charge in [0.1, 0.15) is 0 Å². The lowest BCUT2D eigenvalue weighted by atomic mass is 10.3. The quantitative estimate of drug-likeness (QED) is 0.745. The molecule has 1 N–H and O–H groups in total. The van der Waals surface area contributed by atoms with Gasteiger partial charge in [0, 0.05) is 26.2 Å². The van der Waals surface area contributed by atoms with Gasteiger partial charge in [-0.25, -0.2) is 0 Å². The Morgan fingerprint density at radius 1 is 1.44 bits per heavy atom. The third kappa shape index (κ3) is 3.98. The maximum Gasteiger partial charge on any atom is 0.242 e. The van der Waals surface area contributed by atoms with Gasteiger partial charge in [-0.05, 0) is 13.8 Å². The molecule has 0 saturated carbocycles. The maximum absolute atomic E-state index is 11.7. The van der Waals surface area contributed by atoms with E-state index >= 15 is 0 Å². The Morgan fingerprint density at radius 3 is 2.56 bits per heavy atom. The van der Waals surface area contributed by atoms with Crippen LogP contribution in [0.4, 0.5) is 0 Å². The number of nitrogens with one attached hydrogen (secondary N) is 1. The van der Waals surface area contributed by atoms with E-state index in [2.05, 4.69) is 5.32 Å². The van der Waals surface area contributed by atoms with Crippen LogP contribution in [0.1, 0.15) is 13.8 Å². The summed E-state index contributed by atoms with van der Waals surface area (Å²) in [5.74, 6) is 0.0528. The second-order valence-electron chi connectivity index (χ2n) is 3.56. The fourth-order valence-corrected chi connectivity index (χ4v) is 1.65. The largest absolute Gasteiger partial charge is 0.342 e. The fraction of sp³-hybridized carbons (Fsp3) is 0.800. The van der Waals surface area contributed by atoms with Crippen LogP contribution in [-0.2, 0) is 9.59 Å². The molecule has 94 valence electrons. The summed E-state index contributed by atoms with van der Waals surface area (Å²) < 4.78 is 0. The summed E-state index contributed by atoms with van der Waals surface area (Å²) in [5.41, 5.74) is 0. The van der Waals surface area contributed by atoms with Gasteiger partial charge in [0.15, 0.2) is 0 Å². The van der Waals surface area contributed by atoms with Crippen LogP contribution in [0.15, 0.2) is 0 Å². The molecule has 0 atom stereocenters. The molecule has 6 heteroatoms. The van der Waals surface area contributed by atoms with Crippen molar-refractivity contribution in [3.63, 3.8) is 0 Å². The SMILES string of the molecule is CCN(CC)C(=O)CN1CCNCC1=O.Cl. The first-order chi connectivity index (χ1) is 7.19. The van der Waals surface area contributed by atoms with Crippen LogP contribution in [-0.4, -0.2) is 60.9 Å². The van der Waals surface area contributed by atoms with Crippen LogP contribution in [0.25, 0.3) is 0 Å². The normalized spacial score (nSPS) is 15.6. The van der Waals surface area contributed by atoms with Gasteiger partial charge in [0.25, 0.3) is 0 Å². The van der Waals surface area contributed by atoms with E-state index in [0.29, 0.717) is 26.2 Å². The van der Waals surface area contributed by atoms with E-state index in [4.69, 9.17) is 0 Å². The van der Waals surface area contributed by atoms with Crippen molar-refractivity contribution >= 4 is 24.2 Å². The number of likely N-dealkylation sites (N-methyl/N-ethyl adjacent to an activating group) is 1. The van der Waals surface area contributed by atoms with Crippen molar-refractivity contribution in [2.24, 2.45) is 0 Å². The minimum Gasteiger partial charge on any atom is -0.342 e. The highest BCUT2D eigenvalue weighted by atomic mass is 35.5. The molecule has 0 unspecified atom stereocenters. The van der Waals surface area contributed by atoms with Crippen molar-refractivity contribution < 1.29 is 9.59 Å². The lowest BCUT2D eigenvalue weighted by molar-refractivity contribution is -0.140. The molecular weight excluding hydrogens is 230 g/mol. The number of hydrogen-bond donors (Lipinski definition) is 1. The van der Waals surface area contributed by atoms with E-state index in [9.17, 15) is 9.59 Å². The molecule has 0 bridgehead atoms. The Bertz CT molecular complexity index is 244. The Balaban J connectivity index is 0.00000225. The zero-order valence-corrected chi connectivity index (χ0v) is 10.7. The molecule has 1 aliphatic heterocycles. The van der Waals surface area contributed by atoms with Crippen LogP contribution >= 0.6 is 12.4 Å². The second kappa shape index (κ2) is 7.46. The molecule has 0 aromatic rings. The molecule has 5 nitrogen and oxygen atoms in total. The summed E-state index contributed by atoms with van der Waals surface area (Å²) in [6.07, 6.45) is 0. The minimum atomic E-state index is 0. The summed E-state index contributed by atoms with van der Waals surface area (Å²) >= 11 is 0. The number of rotatable bonds is 4. The second-order valence-corrected chi connectivity index (χ2v) is 3.56. The third-order valence-corrected chi connectivity index (χ3v) is 2.63. The average Bonchev–Trinajstić information content (AvgIpc) is 2.23. The van der Waals surface area contributed by atoms with Gasteiger partial charge >= 0.3 is 0 Å². The Hall–Kier alpha value is -0.810. The molecule has 16 heavy (non-hydrogen) atoms. The van der Waals surface area contributed by atoms with Crippen LogP contribution in [0, 0.1) is 0 Å². The first-order valence-electron chi connectivity index (χ1n) is 5.45. The Morgan fingerprint density at radius 2 is 2.06 bits per heavy atom. The molecule has 1 fully saturated rings. The summed E-state index contributed by atoms with van der Waals surface area (Å²) in [6, 6.07) is 0. The Kier molecular flexibility index (Phi) is 7.08. The van der Waals surface area contributed by atoms with Crippen molar-refractivity contribution in [2.45, 2.75) is 13.8 Å². The highest BCUT2D eigenvalue weighted by Gasteiger charge is 2.21. The number of piperazine rings is 1. The molecule has 0 radical (unpaired) electrons. The van der Waals surface area contributed by atoms with Crippen molar-refractivity contribution in [2.75, 3.05) is 39.3 Å². The van der Waals surface area contributed by atoms with E-state index in [1.54, 1.807) is 9.80 Å². The standard InChI is InChI=1S/C10H19N3O2.ClH/c1-3-12(4-2)10(15)8-13-6-5-11-7-9(13)14;/h11H,3-8H2,1-2H3;1H. The van der Waals surface area contributed by atoms with E-state index in [1.165, 1.54) is 0 Å². The minimum absolute atomic E-state index is 0. The number of halogens is 1. The summed E-state index contributed by atoms with van der Waals surface area (Å²) in [7, 11) is 0. The van der Waals surface area contributed by atoms with Crippen LogP contribution in [0.3, 0.4) is 0 Å². The van der Waals surface area contributed by atoms with Gasteiger partial charge in [-0.15, -0.1) is 12.4 Å². The van der Waals surface area contributed by atoms with Crippen LogP contribution < -0.4 is 5.32 Å². The summed E-state index contributed by atoms with van der Waals surface area (Å²) in [4.78, 5) is 26.5. The molecule has 2 amide bonds. The van der Waals surface area contributed by atoms with Gasteiger partial charge in [-0.3, -0.25) is 9.59 Å². The Labute approximate surface area is 103 Å². The zero-order chi connectivity index (χ0) is 11.3. The first kappa shape index (κ1) is 15.2. The molecular formula is C10H20ClN3O2. The molecule has 0 aromatic carbocycles. The third-order valence-electron chi connectivity index (χ3n) is 2.63. The van der Waals surface area contributed by atoms with Crippen molar-refractivity contribution in [1.82, 2.24) is 15.1 Å². The summed E-state index contributed by atoms with van der Waals surface area (Å²) in [5, 5.41) is 2.98. The molecule has 1 heterocycles. The van der Waals surface area contributed by atoms with E-state index in [0.717, 1.165) is 6.54 Å². The van der Waals surface area contributed by atoms with Gasteiger partial charge in [0.2, 0.25) is 11.8 Å². The fourth-order valence-electron chi connectivity index (χ4n) is 1.65. The van der Waals surface area contributed by atoms with Gasteiger partial charge in [0.05, 0.1) is 13.1 Å². The van der Waals surface area contributed by atoms with E-state index in [1.807, 2.05) is 13.8 Å². The molecule has 1 aliphatic rings. The monoisotopic (exact) mass is 249 g/mol. The predicted molar refractivity (Wildman–Crippen MR) is 64.6 cm³/mol. The van der Waals surface area contributed by atoms with Crippen LogP contribution in [0.2, 0.25) is 0 Å². The average molecular weight is 250 g/mol. The molecule has 0 spiro atoms. The summed E-state index contributed by atoms with van der Waals surface area (Å²) in [6.45, 7) is 7.28. The maximum atomic E-state index is 11.7. The van der Waals surface area contributed by atoms with E-state index < -0.39 is 0 Å². The van der Waals surface area contributed by atoms with Crippen molar-refractivity contribution in [3.05, 3.63) is 0 Å². The van der Waals surface area contributed by atoms with Gasteiger partial charge < -0.3 is 15.1 Å². The topological polar surface area (TPSA) is 52.7 Å². The molecule has 1 saturated heterocycles. The number of nitrogens with zero attached hydrogens (tertiary/aromatic N) is 2. The van der Waals surface area contributed by atoms with Gasteiger partial charge in [-0.1, -0.05) is 0 Å². The zero-order valence-electron chi connectivity index (χ0n) is 9.86. The van der Waals surface area contributed by atoms with Crippen molar-refractivity contribution in [1.29, 1.82) is 0 Å². The number of carbonyl (C=O) groups excluding carboxylic acids is 2. The van der Waals surface area contributed by atoms with Gasteiger partial charge in [-0.2, -0.15) is 0 Å². The highest BCUT2D eigenvalue weighted by molar-refractivity contribution is 5.86.